The van der Waals surface area contributed by atoms with Crippen LogP contribution in [-0.2, 0) is 4.79 Å². The van der Waals surface area contributed by atoms with Gasteiger partial charge in [-0.15, -0.1) is 5.54 Å². The smallest absolute Gasteiger partial charge is 0.388 e. The van der Waals surface area contributed by atoms with E-state index in [0.29, 0.717) is 5.69 Å². The number of anilines is 3. The molecular weight excluding hydrogens is 497 g/mol. The average molecular weight is 526 g/mol. The number of hydrogen-bond donors (Lipinski definition) is 1. The molecule has 2 aromatic carbocycles. The monoisotopic (exact) mass is 525 g/mol. The first-order valence-electron chi connectivity index (χ1n) is 10.8. The number of hydrogen-bond acceptors (Lipinski definition) is 3. The Balaban J connectivity index is 1.58. The van der Waals surface area contributed by atoms with Gasteiger partial charge in [0.15, 0.2) is 0 Å². The Bertz CT molecular complexity index is 903. The highest BCUT2D eigenvalue weighted by atomic mass is 79.9. The maximum atomic E-state index is 12.9. The molecular formula is C24H29BrF3N4O-. The second-order valence-electron chi connectivity index (χ2n) is 9.12. The molecule has 1 aliphatic rings. The van der Waals surface area contributed by atoms with Gasteiger partial charge < -0.3 is 20.4 Å². The predicted octanol–water partition coefficient (Wildman–Crippen LogP) is 6.21. The second kappa shape index (κ2) is 10.3. The SMILES string of the molecule is CC(C)(C)[N-]C(CC(F)(F)F)C(=O)Nc1ccc(N2CCN(c3ccc(Br)cc3)CC2)cc1. The van der Waals surface area contributed by atoms with Crippen molar-refractivity contribution < 1.29 is 18.0 Å². The number of carbonyl (C=O) groups excluding carboxylic acids is 1. The summed E-state index contributed by atoms with van der Waals surface area (Å²) in [4.78, 5) is 17.1. The van der Waals surface area contributed by atoms with Crippen LogP contribution in [0.2, 0.25) is 0 Å². The van der Waals surface area contributed by atoms with Crippen LogP contribution >= 0.6 is 15.9 Å². The average Bonchev–Trinajstić information content (AvgIpc) is 2.72. The second-order valence-corrected chi connectivity index (χ2v) is 10.0. The molecule has 1 saturated heterocycles. The number of rotatable bonds is 6. The first-order chi connectivity index (χ1) is 15.4. The maximum absolute atomic E-state index is 12.9. The highest BCUT2D eigenvalue weighted by molar-refractivity contribution is 9.10. The molecule has 0 saturated carbocycles. The van der Waals surface area contributed by atoms with Crippen LogP contribution in [0, 0.1) is 0 Å². The Morgan fingerprint density at radius 1 is 0.939 bits per heavy atom. The van der Waals surface area contributed by atoms with Gasteiger partial charge in [-0.25, -0.2) is 0 Å². The van der Waals surface area contributed by atoms with Gasteiger partial charge in [-0.2, -0.15) is 13.2 Å². The molecule has 3 rings (SSSR count). The molecule has 1 fully saturated rings. The lowest BCUT2D eigenvalue weighted by atomic mass is 10.0. The van der Waals surface area contributed by atoms with Crippen molar-refractivity contribution >= 4 is 38.9 Å². The van der Waals surface area contributed by atoms with Crippen molar-refractivity contribution in [2.24, 2.45) is 0 Å². The van der Waals surface area contributed by atoms with E-state index in [1.54, 1.807) is 32.9 Å². The first-order valence-corrected chi connectivity index (χ1v) is 11.6. The van der Waals surface area contributed by atoms with Crippen molar-refractivity contribution in [1.82, 2.24) is 0 Å². The third-order valence-electron chi connectivity index (χ3n) is 5.24. The molecule has 0 spiro atoms. The summed E-state index contributed by atoms with van der Waals surface area (Å²) in [6, 6.07) is 14.0. The Kier molecular flexibility index (Phi) is 7.95. The summed E-state index contributed by atoms with van der Waals surface area (Å²) in [5, 5.41) is 6.66. The van der Waals surface area contributed by atoms with E-state index in [9.17, 15) is 18.0 Å². The van der Waals surface area contributed by atoms with Crippen LogP contribution in [0.3, 0.4) is 0 Å². The summed E-state index contributed by atoms with van der Waals surface area (Å²) in [5.74, 6) is -0.752. The summed E-state index contributed by atoms with van der Waals surface area (Å²) in [5.41, 5.74) is 1.89. The molecule has 9 heteroatoms. The predicted molar refractivity (Wildman–Crippen MR) is 131 cm³/mol. The van der Waals surface area contributed by atoms with Crippen molar-refractivity contribution in [2.75, 3.05) is 41.3 Å². The normalized spacial score (nSPS) is 16.0. The first kappa shape index (κ1) is 25.4. The number of halogens is 4. The molecule has 1 N–H and O–H groups in total. The summed E-state index contributed by atoms with van der Waals surface area (Å²) in [7, 11) is 0. The molecule has 0 radical (unpaired) electrons. The highest BCUT2D eigenvalue weighted by Crippen LogP contribution is 2.30. The van der Waals surface area contributed by atoms with Gasteiger partial charge in [-0.3, -0.25) is 4.79 Å². The number of alkyl halides is 3. The Morgan fingerprint density at radius 2 is 1.39 bits per heavy atom. The molecule has 1 unspecified atom stereocenters. The Labute approximate surface area is 201 Å². The zero-order chi connectivity index (χ0) is 24.2. The van der Waals surface area contributed by atoms with Gasteiger partial charge in [0.1, 0.15) is 0 Å². The summed E-state index contributed by atoms with van der Waals surface area (Å²) >= 11 is 3.46. The van der Waals surface area contributed by atoms with Gasteiger partial charge in [0.05, 0.1) is 0 Å². The molecule has 180 valence electrons. The van der Waals surface area contributed by atoms with Crippen molar-refractivity contribution in [3.8, 4) is 0 Å². The number of amides is 1. The molecule has 0 bridgehead atoms. The summed E-state index contributed by atoms with van der Waals surface area (Å²) < 4.78 is 39.9. The quantitative estimate of drug-likeness (QED) is 0.487. The van der Waals surface area contributed by atoms with Gasteiger partial charge in [0, 0.05) is 54.1 Å². The summed E-state index contributed by atoms with van der Waals surface area (Å²) in [6.45, 7) is 8.49. The lowest BCUT2D eigenvalue weighted by Gasteiger charge is -2.43. The standard InChI is InChI=1S/C24H29BrF3N4O/c1-23(2,3)30-21(16-24(26,27)28)22(33)29-18-6-10-20(11-7-18)32-14-12-31(13-15-32)19-8-4-17(25)5-9-19/h4-11,21H,12-16H2,1-3H3,(H,29,33)/q-1. The van der Waals surface area contributed by atoms with Crippen LogP contribution in [0.4, 0.5) is 30.2 Å². The minimum Gasteiger partial charge on any atom is -0.647 e. The van der Waals surface area contributed by atoms with E-state index in [0.717, 1.165) is 36.3 Å². The van der Waals surface area contributed by atoms with Crippen molar-refractivity contribution in [3.05, 3.63) is 58.3 Å². The van der Waals surface area contributed by atoms with E-state index in [1.807, 2.05) is 24.3 Å². The Morgan fingerprint density at radius 3 is 1.82 bits per heavy atom. The van der Waals surface area contributed by atoms with E-state index < -0.39 is 30.1 Å². The minimum absolute atomic E-state index is 0.452. The van der Waals surface area contributed by atoms with Gasteiger partial charge >= 0.3 is 6.18 Å². The van der Waals surface area contributed by atoms with E-state index in [-0.39, 0.29) is 0 Å². The van der Waals surface area contributed by atoms with Crippen molar-refractivity contribution in [1.29, 1.82) is 0 Å². The molecule has 2 aromatic rings. The fraction of sp³-hybridized carbons (Fsp3) is 0.458. The van der Waals surface area contributed by atoms with Crippen LogP contribution in [0.1, 0.15) is 27.2 Å². The van der Waals surface area contributed by atoms with Crippen LogP contribution in [-0.4, -0.2) is 49.8 Å². The zero-order valence-electron chi connectivity index (χ0n) is 19.0. The third-order valence-corrected chi connectivity index (χ3v) is 5.77. The molecule has 1 aliphatic heterocycles. The molecule has 0 aliphatic carbocycles. The largest absolute Gasteiger partial charge is 0.647 e. The van der Waals surface area contributed by atoms with Crippen LogP contribution in [0.15, 0.2) is 53.0 Å². The van der Waals surface area contributed by atoms with Gasteiger partial charge in [0.25, 0.3) is 0 Å². The van der Waals surface area contributed by atoms with E-state index in [1.165, 1.54) is 5.69 Å². The lowest BCUT2D eigenvalue weighted by molar-refractivity contribution is -0.143. The van der Waals surface area contributed by atoms with E-state index in [4.69, 9.17) is 0 Å². The van der Waals surface area contributed by atoms with Gasteiger partial charge in [-0.1, -0.05) is 36.7 Å². The number of piperazine rings is 1. The number of nitrogens with one attached hydrogen (secondary N) is 1. The van der Waals surface area contributed by atoms with Crippen LogP contribution < -0.4 is 15.1 Å². The minimum atomic E-state index is -4.47. The molecule has 1 amide bonds. The number of nitrogens with zero attached hydrogens (tertiary/aromatic N) is 3. The molecule has 0 aromatic heterocycles. The lowest BCUT2D eigenvalue weighted by Crippen LogP contribution is -2.46. The topological polar surface area (TPSA) is 49.7 Å². The summed E-state index contributed by atoms with van der Waals surface area (Å²) in [6.07, 6.45) is -5.75. The molecule has 1 atom stereocenters. The van der Waals surface area contributed by atoms with Gasteiger partial charge in [0.2, 0.25) is 5.91 Å². The molecule has 33 heavy (non-hydrogen) atoms. The van der Waals surface area contributed by atoms with Crippen molar-refractivity contribution in [2.45, 2.75) is 44.9 Å². The molecule has 5 nitrogen and oxygen atoms in total. The maximum Gasteiger partial charge on any atom is 0.388 e. The van der Waals surface area contributed by atoms with E-state index >= 15 is 0 Å². The van der Waals surface area contributed by atoms with Crippen molar-refractivity contribution in [3.63, 3.8) is 0 Å². The third kappa shape index (κ3) is 7.92. The zero-order valence-corrected chi connectivity index (χ0v) is 20.6. The van der Waals surface area contributed by atoms with Crippen LogP contribution in [0.5, 0.6) is 0 Å². The van der Waals surface area contributed by atoms with Crippen LogP contribution in [0.25, 0.3) is 5.32 Å². The fourth-order valence-corrected chi connectivity index (χ4v) is 4.00. The number of carbonyl (C=O) groups is 1. The van der Waals surface area contributed by atoms with Gasteiger partial charge in [-0.05, 0) is 54.6 Å². The molecule has 1 heterocycles. The fourth-order valence-electron chi connectivity index (χ4n) is 3.74. The highest BCUT2D eigenvalue weighted by Gasteiger charge is 2.32. The van der Waals surface area contributed by atoms with E-state index in [2.05, 4.69) is 48.5 Å². The number of benzene rings is 2. The Hall–Kier alpha value is -2.26.